The van der Waals surface area contributed by atoms with E-state index >= 15 is 0 Å². The van der Waals surface area contributed by atoms with Gasteiger partial charge in [0.2, 0.25) is 21.4 Å². The second-order valence-corrected chi connectivity index (χ2v) is 35.8. The van der Waals surface area contributed by atoms with Crippen LogP contribution in [-0.4, -0.2) is 16.1 Å². The molecule has 0 aliphatic carbocycles. The molecule has 0 saturated carbocycles. The van der Waals surface area contributed by atoms with Crippen LogP contribution in [0.2, 0.25) is 0 Å². The molecule has 8 nitrogen and oxygen atoms in total. The Morgan fingerprint density at radius 2 is 0.642 bits per heavy atom. The molecule has 10 aromatic rings. The second kappa shape index (κ2) is 52.7. The summed E-state index contributed by atoms with van der Waals surface area (Å²) in [6.07, 6.45) is 1.39. The van der Waals surface area contributed by atoms with Crippen LogP contribution in [0.5, 0.6) is 11.5 Å². The van der Waals surface area contributed by atoms with Gasteiger partial charge in [-0.2, -0.15) is 0 Å². The van der Waals surface area contributed by atoms with E-state index < -0.39 is 58.1 Å². The zero-order chi connectivity index (χ0) is 62.1. The number of halogens is 6. The first-order chi connectivity index (χ1) is 42.7. The Kier molecular flexibility index (Phi) is 53.7. The third-order valence-electron chi connectivity index (χ3n) is 12.1. The number of hydrogen-bond donors (Lipinski definition) is 0. The molecule has 6 heterocycles. The zero-order valence-electron chi connectivity index (χ0n) is 55.8. The van der Waals surface area contributed by atoms with Crippen molar-refractivity contribution in [2.45, 2.75) is 78.0 Å². The Bertz CT molecular complexity index is 3560. The summed E-state index contributed by atoms with van der Waals surface area (Å²) in [5.41, 5.74) is 7.33. The maximum atomic E-state index is 12.2. The van der Waals surface area contributed by atoms with Gasteiger partial charge >= 0.3 is 234 Å². The van der Waals surface area contributed by atoms with E-state index in [1.165, 1.54) is 25.4 Å². The van der Waals surface area contributed by atoms with Crippen molar-refractivity contribution < 1.29 is 247 Å². The molecule has 6 aliphatic heterocycles. The number of hydrogen-bond acceptors (Lipinski definition) is 8. The molecule has 6 aliphatic rings. The summed E-state index contributed by atoms with van der Waals surface area (Å²) in [5.74, 6) is 1.27. The predicted molar refractivity (Wildman–Crippen MR) is 372 cm³/mol. The van der Waals surface area contributed by atoms with Gasteiger partial charge in [-0.1, -0.05) is 165 Å². The first kappa shape index (κ1) is 96.9. The Morgan fingerprint density at radius 3 is 1.09 bits per heavy atom. The number of para-hydroxylation sites is 2. The fourth-order valence-electron chi connectivity index (χ4n) is 8.43. The summed E-state index contributed by atoms with van der Waals surface area (Å²) in [6, 6.07) is 82.1. The van der Waals surface area contributed by atoms with Crippen LogP contribution in [-0.2, 0) is 165 Å². The maximum absolute atomic E-state index is 12.2. The fraction of sp³-hybridized carbons (Fsp3) is 0.132. The van der Waals surface area contributed by atoms with Crippen LogP contribution in [0.25, 0.3) is 11.1 Å². The molecule has 4 radical (unpaired) electrons. The molecule has 95 heavy (non-hydrogen) atoms. The minimum atomic E-state index is -2.82. The van der Waals surface area contributed by atoms with E-state index in [0.717, 1.165) is 36.8 Å². The molecule has 494 valence electrons. The summed E-state index contributed by atoms with van der Waals surface area (Å²) >= 11 is -5.60. The van der Waals surface area contributed by atoms with Gasteiger partial charge in [-0.15, -0.1) is 0 Å². The Balaban J connectivity index is 0. The van der Waals surface area contributed by atoms with E-state index in [4.69, 9.17) is 4.74 Å². The summed E-state index contributed by atoms with van der Waals surface area (Å²) < 4.78 is 62.7. The van der Waals surface area contributed by atoms with Gasteiger partial charge < -0.3 is 34.4 Å². The number of fused-ring (bicyclic) bond motifs is 11. The Labute approximate surface area is 729 Å². The normalized spacial score (nSPS) is 12.4. The maximum Gasteiger partial charge on any atom is 0.366 e. The van der Waals surface area contributed by atoms with Crippen molar-refractivity contribution >= 4 is 64.0 Å². The molecule has 16 rings (SSSR count). The average molecular weight is 2270 g/mol. The number of rotatable bonds is 0. The van der Waals surface area contributed by atoms with Crippen molar-refractivity contribution in [3.05, 3.63) is 330 Å². The van der Waals surface area contributed by atoms with Gasteiger partial charge in [0.25, 0.3) is 0 Å². The number of ether oxygens (including phenoxy) is 1. The number of carbonyl (C=O) groups excluding carboxylic acids is 2. The van der Waals surface area contributed by atoms with Crippen LogP contribution in [0, 0.1) is 65.4 Å². The molecule has 0 unspecified atom stereocenters. The smallest absolute Gasteiger partial charge is 0.366 e. The van der Waals surface area contributed by atoms with E-state index in [2.05, 4.69) is 140 Å². The summed E-state index contributed by atoms with van der Waals surface area (Å²) in [6.45, 7) is 16.0. The number of carbonyl (C=O) groups is 2. The molecule has 0 N–H and O–H groups in total. The standard InChI is InChI=1S/C13H10I.C12H8IOS.C12H8IO.C12H8I.C8H6IO3.C7H4IO3.4C2H6.4CH3.4Y/c1-3-7-12-10(5-1)9-11-6-2-4-8-13(11)14-12;14-15-11-7-3-1-5-9(11)13-10-6-2-4-8-12(10)15;1-3-7-11-9(5-1)13-10-6-2-4-8-12(10)14-11;1-3-7-11-9(5-1)10-6-2-4-8-12(10)13-11;10-8-5-6-3-1-2-4-7(6)9(11)12-8;9-7-5-3-1-2-4-6(5)8(10)11-7;4*1-2;;;;;;;;/h1-8H,9H2;1-8H;1-8H;1-8H;1-4H,5H2;1-4H;4*1-2H3;4*1H3;;;;/q4*+1;2*-1;;;;;4*-1;;;;. The Hall–Kier alpha value is -0.194. The Morgan fingerprint density at radius 1 is 0.337 bits per heavy atom. The second-order valence-electron chi connectivity index (χ2n) is 17.3. The average Bonchev–Trinajstić information content (AvgIpc) is 1.37. The topological polar surface area (TPSA) is 125 Å². The summed E-state index contributed by atoms with van der Waals surface area (Å²) in [5, 5.41) is 0. The third kappa shape index (κ3) is 27.4. The molecule has 0 bridgehead atoms. The van der Waals surface area contributed by atoms with Crippen LogP contribution in [0.4, 0.5) is 0 Å². The minimum absolute atomic E-state index is 0. The van der Waals surface area contributed by atoms with Gasteiger partial charge in [0, 0.05) is 160 Å². The molecule has 0 fully saturated rings. The quantitative estimate of drug-likeness (QED) is 0.134. The van der Waals surface area contributed by atoms with Crippen molar-refractivity contribution in [2.75, 3.05) is 0 Å². The first-order valence-electron chi connectivity index (χ1n) is 28.5. The predicted octanol–water partition coefficient (Wildman–Crippen LogP) is 6.00. The van der Waals surface area contributed by atoms with Gasteiger partial charge in [-0.25, -0.2) is 4.21 Å². The van der Waals surface area contributed by atoms with Crippen molar-refractivity contribution in [1.82, 2.24) is 0 Å². The van der Waals surface area contributed by atoms with Gasteiger partial charge in [-0.3, -0.25) is 0 Å². The molecule has 0 atom stereocenters. The van der Waals surface area contributed by atoms with Gasteiger partial charge in [0.05, 0.1) is 20.6 Å². The molecular formula is C76H80I6O8SY4-2. The number of benzene rings is 10. The zero-order valence-corrected chi connectivity index (χ0v) is 80.9. The molecule has 0 saturated heterocycles. The van der Waals surface area contributed by atoms with Crippen molar-refractivity contribution in [1.29, 1.82) is 0 Å². The van der Waals surface area contributed by atoms with Crippen LogP contribution in [0.1, 0.15) is 82.4 Å². The van der Waals surface area contributed by atoms with E-state index in [1.54, 1.807) is 61.8 Å². The van der Waals surface area contributed by atoms with Crippen molar-refractivity contribution in [3.8, 4) is 22.6 Å². The molecule has 0 spiro atoms. The van der Waals surface area contributed by atoms with Crippen LogP contribution in [0.3, 0.4) is 0 Å². The van der Waals surface area contributed by atoms with E-state index in [0.29, 0.717) is 9.13 Å². The fourth-order valence-corrected chi connectivity index (χ4v) is 26.3. The molecule has 10 aromatic carbocycles. The van der Waals surface area contributed by atoms with E-state index in [9.17, 15) is 20.7 Å². The van der Waals surface area contributed by atoms with Gasteiger partial charge in [-0.05, 0) is 84.9 Å². The largest absolute Gasteiger partial charge is 0.448 e. The molecular weight excluding hydrogens is 2190 g/mol. The van der Waals surface area contributed by atoms with Crippen molar-refractivity contribution in [2.24, 2.45) is 0 Å². The summed E-state index contributed by atoms with van der Waals surface area (Å²) in [7, 11) is -0.963. The third-order valence-corrected chi connectivity index (χ3v) is 32.3. The molecule has 0 aromatic heterocycles. The summed E-state index contributed by atoms with van der Waals surface area (Å²) in [4.78, 5) is 23.8. The van der Waals surface area contributed by atoms with Crippen LogP contribution in [0.15, 0.2) is 252 Å². The SMILES string of the molecule is CC.CC.CC.CC.O=C1Cc2ccccc2I([O-])O1.O=C1OI([O-])c2ccccc21.O=S1c2ccccc2[I+]c2ccccc21.[CH3-].[CH3-].[CH3-].[CH3-].[Y].[Y].[Y].[Y].c1ccc2c(c1)Cc1ccccc1[I+]2.c1ccc2c(c1)Oc1ccccc1[I+]2.c1ccc2c(c1)[I+]c1ccccc1-2. The van der Waals surface area contributed by atoms with Crippen LogP contribution >= 0.6 is 41.3 Å². The van der Waals surface area contributed by atoms with E-state index in [-0.39, 0.29) is 258 Å². The van der Waals surface area contributed by atoms with E-state index in [1.807, 2.05) is 128 Å². The molecule has 19 heteroatoms. The minimum Gasteiger partial charge on any atom is -0.448 e. The molecule has 0 amide bonds. The first-order valence-corrected chi connectivity index (χ1v) is 44.0. The van der Waals surface area contributed by atoms with Crippen LogP contribution < -0.4 is 96.4 Å². The van der Waals surface area contributed by atoms with Crippen molar-refractivity contribution in [3.63, 3.8) is 0 Å². The monoisotopic (exact) mass is 2270 g/mol. The van der Waals surface area contributed by atoms with Gasteiger partial charge in [0.15, 0.2) is 18.6 Å². The van der Waals surface area contributed by atoms with Gasteiger partial charge in [0.1, 0.15) is 0 Å².